The lowest BCUT2D eigenvalue weighted by molar-refractivity contribution is 1.46. The van der Waals surface area contributed by atoms with E-state index in [1.54, 1.807) is 0 Å². The van der Waals surface area contributed by atoms with Gasteiger partial charge < -0.3 is 0 Å². The monoisotopic (exact) mass is 332 g/mol. The van der Waals surface area contributed by atoms with E-state index in [1.165, 1.54) is 76.1 Å². The van der Waals surface area contributed by atoms with Gasteiger partial charge in [-0.2, -0.15) is 0 Å². The number of rotatable bonds is 0. The fourth-order valence-electron chi connectivity index (χ4n) is 5.32. The van der Waals surface area contributed by atoms with E-state index < -0.39 is 0 Å². The number of aryl methyl sites for hydroxylation is 4. The van der Waals surface area contributed by atoms with E-state index in [1.807, 2.05) is 0 Å². The lowest BCUT2D eigenvalue weighted by Gasteiger charge is -2.21. The molecule has 0 unspecified atom stereocenters. The summed E-state index contributed by atoms with van der Waals surface area (Å²) in [7, 11) is 0. The van der Waals surface area contributed by atoms with Crippen molar-refractivity contribution in [3.8, 4) is 0 Å². The topological polar surface area (TPSA) is 0 Å². The van der Waals surface area contributed by atoms with Crippen LogP contribution in [0, 0.1) is 27.7 Å². The number of hydrogen-bond acceptors (Lipinski definition) is 0. The highest BCUT2D eigenvalue weighted by Crippen LogP contribution is 2.47. The molecule has 0 heterocycles. The molecular weight excluding hydrogens is 312 g/mol. The average molecular weight is 332 g/mol. The summed E-state index contributed by atoms with van der Waals surface area (Å²) in [6, 6.07) is 18.6. The van der Waals surface area contributed by atoms with Gasteiger partial charge in [0.1, 0.15) is 0 Å². The molecule has 0 heteroatoms. The Hall–Kier alpha value is -2.86. The summed E-state index contributed by atoms with van der Waals surface area (Å²) in [5.41, 5.74) is 5.49. The summed E-state index contributed by atoms with van der Waals surface area (Å²) < 4.78 is 0. The normalized spacial score (nSPS) is 12.6. The van der Waals surface area contributed by atoms with E-state index >= 15 is 0 Å². The van der Waals surface area contributed by atoms with Crippen molar-refractivity contribution in [2.24, 2.45) is 0 Å². The van der Waals surface area contributed by atoms with Crippen LogP contribution in [0.4, 0.5) is 0 Å². The van der Waals surface area contributed by atoms with Gasteiger partial charge in [0, 0.05) is 0 Å². The smallest absolute Gasteiger partial charge is 0.00113 e. The molecule has 6 aromatic carbocycles. The van der Waals surface area contributed by atoms with Crippen molar-refractivity contribution < 1.29 is 0 Å². The Morgan fingerprint density at radius 3 is 1.73 bits per heavy atom. The second-order valence-electron chi connectivity index (χ2n) is 8.01. The zero-order chi connectivity index (χ0) is 17.7. The Labute approximate surface area is 152 Å². The summed E-state index contributed by atoms with van der Waals surface area (Å²) in [6.45, 7) is 8.99. The third kappa shape index (κ3) is 1.48. The molecule has 0 nitrogen and oxygen atoms in total. The van der Waals surface area contributed by atoms with Gasteiger partial charge in [-0.05, 0) is 104 Å². The van der Waals surface area contributed by atoms with E-state index in [2.05, 4.69) is 76.2 Å². The molecule has 0 bridgehead atoms. The van der Waals surface area contributed by atoms with Crippen molar-refractivity contribution in [1.82, 2.24) is 0 Å². The lowest BCUT2D eigenvalue weighted by Crippen LogP contribution is -1.95. The van der Waals surface area contributed by atoms with Crippen LogP contribution in [0.5, 0.6) is 0 Å². The Balaban J connectivity index is 2.18. The summed E-state index contributed by atoms with van der Waals surface area (Å²) in [4.78, 5) is 0. The van der Waals surface area contributed by atoms with Gasteiger partial charge >= 0.3 is 0 Å². The van der Waals surface area contributed by atoms with Crippen LogP contribution in [-0.4, -0.2) is 0 Å². The highest BCUT2D eigenvalue weighted by Gasteiger charge is 2.20. The fraction of sp³-hybridized carbons (Fsp3) is 0.154. The number of benzene rings is 6. The van der Waals surface area contributed by atoms with Crippen LogP contribution in [0.3, 0.4) is 0 Å². The predicted molar refractivity (Wildman–Crippen MR) is 115 cm³/mol. The molecular formula is C26H20. The van der Waals surface area contributed by atoms with Crippen molar-refractivity contribution in [3.05, 3.63) is 70.8 Å². The minimum absolute atomic E-state index is 1.36. The number of fused-ring (bicyclic) bond motifs is 1. The van der Waals surface area contributed by atoms with Gasteiger partial charge in [-0.3, -0.25) is 0 Å². The summed E-state index contributed by atoms with van der Waals surface area (Å²) >= 11 is 0. The molecule has 0 N–H and O–H groups in total. The van der Waals surface area contributed by atoms with Gasteiger partial charge in [-0.1, -0.05) is 48.5 Å². The molecule has 26 heavy (non-hydrogen) atoms. The molecule has 0 atom stereocenters. The SMILES string of the molecule is Cc1ccc2c3c(C)cc(C)c4ccc5cc(C)c6ccc1c2c6c5c43. The van der Waals surface area contributed by atoms with E-state index in [0.29, 0.717) is 0 Å². The van der Waals surface area contributed by atoms with Crippen LogP contribution in [0.25, 0.3) is 53.9 Å². The van der Waals surface area contributed by atoms with Gasteiger partial charge in [-0.25, -0.2) is 0 Å². The van der Waals surface area contributed by atoms with E-state index in [9.17, 15) is 0 Å². The molecule has 0 fully saturated rings. The first-order valence-corrected chi connectivity index (χ1v) is 9.39. The van der Waals surface area contributed by atoms with E-state index in [0.717, 1.165) is 0 Å². The van der Waals surface area contributed by atoms with Crippen molar-refractivity contribution in [2.75, 3.05) is 0 Å². The molecule has 0 aromatic heterocycles. The lowest BCUT2D eigenvalue weighted by atomic mass is 9.82. The first-order chi connectivity index (χ1) is 12.6. The van der Waals surface area contributed by atoms with Gasteiger partial charge in [0.2, 0.25) is 0 Å². The van der Waals surface area contributed by atoms with Crippen LogP contribution in [0.15, 0.2) is 48.5 Å². The van der Waals surface area contributed by atoms with Crippen LogP contribution in [0.1, 0.15) is 22.3 Å². The molecule has 124 valence electrons. The molecule has 0 aliphatic carbocycles. The highest BCUT2D eigenvalue weighted by atomic mass is 14.2. The third-order valence-electron chi connectivity index (χ3n) is 6.46. The molecule has 0 saturated carbocycles. The quantitative estimate of drug-likeness (QED) is 0.199. The Morgan fingerprint density at radius 1 is 0.385 bits per heavy atom. The second kappa shape index (κ2) is 4.45. The predicted octanol–water partition coefficient (Wildman–Crippen LogP) is 7.56. The molecule has 6 rings (SSSR count). The third-order valence-corrected chi connectivity index (χ3v) is 6.46. The summed E-state index contributed by atoms with van der Waals surface area (Å²) in [5.74, 6) is 0. The first-order valence-electron chi connectivity index (χ1n) is 9.39. The van der Waals surface area contributed by atoms with Gasteiger partial charge in [0.15, 0.2) is 0 Å². The Morgan fingerprint density at radius 2 is 0.962 bits per heavy atom. The zero-order valence-electron chi connectivity index (χ0n) is 15.6. The molecule has 0 spiro atoms. The highest BCUT2D eigenvalue weighted by molar-refractivity contribution is 6.40. The maximum Gasteiger partial charge on any atom is -0.00113 e. The van der Waals surface area contributed by atoms with Crippen molar-refractivity contribution in [3.63, 3.8) is 0 Å². The van der Waals surface area contributed by atoms with Gasteiger partial charge in [0.25, 0.3) is 0 Å². The fourth-order valence-corrected chi connectivity index (χ4v) is 5.32. The largest absolute Gasteiger partial charge is 0.0581 e. The standard InChI is InChI=1S/C26H20/c1-13-5-7-21-22-16(4)11-14(2)19-8-6-17-12-15(3)20-10-9-18(13)24(21)26(20)23(17)25(19)22/h5-12H,1-4H3. The molecule has 0 saturated heterocycles. The first kappa shape index (κ1) is 14.3. The average Bonchev–Trinajstić information content (AvgIpc) is 2.62. The maximum absolute atomic E-state index is 2.37. The van der Waals surface area contributed by atoms with Crippen LogP contribution in [-0.2, 0) is 0 Å². The zero-order valence-corrected chi connectivity index (χ0v) is 15.6. The van der Waals surface area contributed by atoms with E-state index in [4.69, 9.17) is 0 Å². The summed E-state index contributed by atoms with van der Waals surface area (Å²) in [5, 5.41) is 14.2. The Bertz CT molecular complexity index is 1500. The molecule has 6 aromatic rings. The second-order valence-corrected chi connectivity index (χ2v) is 8.01. The molecule has 0 radical (unpaired) electrons. The van der Waals surface area contributed by atoms with Crippen LogP contribution >= 0.6 is 0 Å². The van der Waals surface area contributed by atoms with Gasteiger partial charge in [0.05, 0.1) is 0 Å². The maximum atomic E-state index is 2.37. The van der Waals surface area contributed by atoms with Gasteiger partial charge in [-0.15, -0.1) is 0 Å². The minimum atomic E-state index is 1.36. The minimum Gasteiger partial charge on any atom is -0.0581 e. The summed E-state index contributed by atoms with van der Waals surface area (Å²) in [6.07, 6.45) is 0. The number of hydrogen-bond donors (Lipinski definition) is 0. The van der Waals surface area contributed by atoms with Crippen molar-refractivity contribution >= 4 is 53.9 Å². The molecule has 0 aliphatic rings. The molecule has 0 aliphatic heterocycles. The van der Waals surface area contributed by atoms with E-state index in [-0.39, 0.29) is 0 Å². The Kier molecular flexibility index (Phi) is 2.45. The van der Waals surface area contributed by atoms with Crippen molar-refractivity contribution in [1.29, 1.82) is 0 Å². The van der Waals surface area contributed by atoms with Crippen LogP contribution in [0.2, 0.25) is 0 Å². The molecule has 0 amide bonds. The van der Waals surface area contributed by atoms with Crippen LogP contribution < -0.4 is 0 Å². The van der Waals surface area contributed by atoms with Crippen molar-refractivity contribution in [2.45, 2.75) is 27.7 Å².